The number of allylic oxidation sites excluding steroid dienone is 1. The topological polar surface area (TPSA) is 88.5 Å². The first kappa shape index (κ1) is 17.7. The minimum atomic E-state index is -3.93. The summed E-state index contributed by atoms with van der Waals surface area (Å²) >= 11 is 1.38. The van der Waals surface area contributed by atoms with Gasteiger partial charge in [-0.05, 0) is 17.5 Å². The van der Waals surface area contributed by atoms with Gasteiger partial charge in [0.2, 0.25) is 0 Å². The Morgan fingerprint density at radius 1 is 1.27 bits per heavy atom. The number of thiophene rings is 1. The van der Waals surface area contributed by atoms with Gasteiger partial charge < -0.3 is 14.4 Å². The monoisotopic (exact) mass is 397 g/mol. The molecule has 0 radical (unpaired) electrons. The fourth-order valence-corrected chi connectivity index (χ4v) is 4.94. The lowest BCUT2D eigenvalue weighted by Crippen LogP contribution is -2.49. The minimum Gasteiger partial charge on any atom is -0.347 e. The summed E-state index contributed by atoms with van der Waals surface area (Å²) in [4.78, 5) is 15.3. The smallest absolute Gasteiger partial charge is 0.345 e. The second-order valence-electron chi connectivity index (χ2n) is 6.33. The van der Waals surface area contributed by atoms with Crippen molar-refractivity contribution in [2.75, 3.05) is 33.4 Å². The third-order valence-electron chi connectivity index (χ3n) is 4.79. The van der Waals surface area contributed by atoms with Gasteiger partial charge in [0.05, 0.1) is 23.8 Å². The summed E-state index contributed by atoms with van der Waals surface area (Å²) in [6.45, 7) is 2.05. The number of hydrogen-bond donors (Lipinski definition) is 0. The molecule has 0 aromatic carbocycles. The van der Waals surface area contributed by atoms with Crippen molar-refractivity contribution >= 4 is 33.2 Å². The number of piperidine rings is 1. The summed E-state index contributed by atoms with van der Waals surface area (Å²) in [6, 6.07) is 3.59. The van der Waals surface area contributed by atoms with Crippen LogP contribution in [0, 0.1) is 0 Å². The number of ether oxygens (including phenoxy) is 2. The SMILES string of the molecule is CN1C(C(=O)N2CCC3(CC2)OCCO3)=CC(c2cccs2)=NS1(=O)=O. The fraction of sp³-hybridized carbons (Fsp3) is 0.500. The summed E-state index contributed by atoms with van der Waals surface area (Å²) in [5.74, 6) is -0.910. The molecular formula is C16H19N3O5S2. The Kier molecular flexibility index (Phi) is 4.38. The van der Waals surface area contributed by atoms with E-state index in [1.807, 2.05) is 11.4 Å². The van der Waals surface area contributed by atoms with Crippen molar-refractivity contribution < 1.29 is 22.7 Å². The summed E-state index contributed by atoms with van der Waals surface area (Å²) in [6.07, 6.45) is 2.70. The number of hydrogen-bond acceptors (Lipinski definition) is 6. The van der Waals surface area contributed by atoms with Crippen LogP contribution in [-0.2, 0) is 24.5 Å². The van der Waals surface area contributed by atoms with Crippen LogP contribution in [0.2, 0.25) is 0 Å². The predicted octanol–water partition coefficient (Wildman–Crippen LogP) is 0.977. The molecule has 2 saturated heterocycles. The molecule has 0 aliphatic carbocycles. The number of likely N-dealkylation sites (N-methyl/N-ethyl adjacent to an activating group) is 1. The van der Waals surface area contributed by atoms with E-state index in [-0.39, 0.29) is 17.3 Å². The van der Waals surface area contributed by atoms with Gasteiger partial charge in [0.15, 0.2) is 5.79 Å². The second kappa shape index (κ2) is 6.45. The molecule has 4 rings (SSSR count). The maximum absolute atomic E-state index is 13.0. The lowest BCUT2D eigenvalue weighted by atomic mass is 10.0. The first-order valence-electron chi connectivity index (χ1n) is 8.32. The number of amides is 1. The lowest BCUT2D eigenvalue weighted by molar-refractivity contribution is -0.186. The first-order chi connectivity index (χ1) is 12.4. The molecule has 0 N–H and O–H groups in total. The van der Waals surface area contributed by atoms with Crippen LogP contribution in [0.5, 0.6) is 0 Å². The molecule has 0 saturated carbocycles. The standard InChI is InChI=1S/C16H19N3O5S2/c1-18-13(11-12(17-26(18,21)22)14-3-2-10-25-14)15(20)19-6-4-16(5-7-19)23-8-9-24-16/h2-3,10-11H,4-9H2,1H3. The van der Waals surface area contributed by atoms with E-state index in [0.717, 1.165) is 4.31 Å². The van der Waals surface area contributed by atoms with E-state index >= 15 is 0 Å². The molecule has 4 heterocycles. The highest BCUT2D eigenvalue weighted by molar-refractivity contribution is 7.88. The number of likely N-dealkylation sites (tertiary alicyclic amines) is 1. The van der Waals surface area contributed by atoms with Gasteiger partial charge >= 0.3 is 10.2 Å². The Morgan fingerprint density at radius 2 is 1.96 bits per heavy atom. The molecule has 1 aromatic heterocycles. The number of carbonyl (C=O) groups excluding carboxylic acids is 1. The van der Waals surface area contributed by atoms with Gasteiger partial charge in [-0.25, -0.2) is 4.31 Å². The predicted molar refractivity (Wildman–Crippen MR) is 96.1 cm³/mol. The average Bonchev–Trinajstić information content (AvgIpc) is 3.30. The van der Waals surface area contributed by atoms with Gasteiger partial charge in [-0.3, -0.25) is 4.79 Å². The zero-order chi connectivity index (χ0) is 18.4. The van der Waals surface area contributed by atoms with E-state index in [1.54, 1.807) is 17.0 Å². The fourth-order valence-electron chi connectivity index (χ4n) is 3.29. The second-order valence-corrected chi connectivity index (χ2v) is 8.90. The molecule has 1 spiro atoms. The highest BCUT2D eigenvalue weighted by Gasteiger charge is 2.42. The Hall–Kier alpha value is -1.75. The maximum atomic E-state index is 13.0. The van der Waals surface area contributed by atoms with Crippen molar-refractivity contribution in [1.29, 1.82) is 0 Å². The van der Waals surface area contributed by atoms with Crippen molar-refractivity contribution in [3.05, 3.63) is 34.2 Å². The first-order valence-corrected chi connectivity index (χ1v) is 10.6. The number of nitrogens with zero attached hydrogens (tertiary/aromatic N) is 3. The molecule has 140 valence electrons. The van der Waals surface area contributed by atoms with Crippen LogP contribution in [0.25, 0.3) is 0 Å². The van der Waals surface area contributed by atoms with Crippen molar-refractivity contribution in [2.24, 2.45) is 4.40 Å². The van der Waals surface area contributed by atoms with Gasteiger partial charge in [-0.2, -0.15) is 8.42 Å². The van der Waals surface area contributed by atoms with E-state index in [9.17, 15) is 13.2 Å². The normalized spacial score (nSPS) is 24.5. The zero-order valence-electron chi connectivity index (χ0n) is 14.3. The largest absolute Gasteiger partial charge is 0.347 e. The lowest BCUT2D eigenvalue weighted by Gasteiger charge is -2.38. The Bertz CT molecular complexity index is 860. The van der Waals surface area contributed by atoms with Crippen molar-refractivity contribution in [3.8, 4) is 0 Å². The summed E-state index contributed by atoms with van der Waals surface area (Å²) in [5, 5.41) is 1.84. The molecule has 1 aromatic rings. The number of carbonyl (C=O) groups is 1. The van der Waals surface area contributed by atoms with Crippen LogP contribution in [0.4, 0.5) is 0 Å². The summed E-state index contributed by atoms with van der Waals surface area (Å²) in [5.41, 5.74) is 0.394. The molecule has 3 aliphatic heterocycles. The number of rotatable bonds is 2. The van der Waals surface area contributed by atoms with Crippen molar-refractivity contribution in [3.63, 3.8) is 0 Å². The van der Waals surface area contributed by atoms with Crippen LogP contribution >= 0.6 is 11.3 Å². The molecule has 1 amide bonds. The molecule has 10 heteroatoms. The highest BCUT2D eigenvalue weighted by Crippen LogP contribution is 2.32. The van der Waals surface area contributed by atoms with Crippen LogP contribution < -0.4 is 0 Å². The molecule has 8 nitrogen and oxygen atoms in total. The molecular weight excluding hydrogens is 378 g/mol. The van der Waals surface area contributed by atoms with Crippen LogP contribution in [0.3, 0.4) is 0 Å². The molecule has 2 fully saturated rings. The molecule has 3 aliphatic rings. The Labute approximate surface area is 155 Å². The summed E-state index contributed by atoms with van der Waals surface area (Å²) in [7, 11) is -2.58. The van der Waals surface area contributed by atoms with Crippen molar-refractivity contribution in [2.45, 2.75) is 18.6 Å². The Morgan fingerprint density at radius 3 is 2.58 bits per heavy atom. The molecule has 0 unspecified atom stereocenters. The minimum absolute atomic E-state index is 0.104. The van der Waals surface area contributed by atoms with Gasteiger partial charge in [0.1, 0.15) is 5.70 Å². The van der Waals surface area contributed by atoms with E-state index in [0.29, 0.717) is 44.0 Å². The molecule has 0 bridgehead atoms. The highest BCUT2D eigenvalue weighted by atomic mass is 32.2. The molecule has 26 heavy (non-hydrogen) atoms. The van der Waals surface area contributed by atoms with Crippen LogP contribution in [0.1, 0.15) is 17.7 Å². The van der Waals surface area contributed by atoms with Crippen LogP contribution in [0.15, 0.2) is 33.7 Å². The third kappa shape index (κ3) is 3.07. The third-order valence-corrected chi connectivity index (χ3v) is 7.00. The van der Waals surface area contributed by atoms with Gasteiger partial charge in [0, 0.05) is 33.0 Å². The summed E-state index contributed by atoms with van der Waals surface area (Å²) < 4.78 is 40.9. The van der Waals surface area contributed by atoms with E-state index in [1.165, 1.54) is 18.4 Å². The Balaban J connectivity index is 1.57. The van der Waals surface area contributed by atoms with Gasteiger partial charge in [0.25, 0.3) is 5.91 Å². The quantitative estimate of drug-likeness (QED) is 0.742. The van der Waals surface area contributed by atoms with Crippen LogP contribution in [-0.4, -0.2) is 68.4 Å². The van der Waals surface area contributed by atoms with Gasteiger partial charge in [-0.1, -0.05) is 6.07 Å². The van der Waals surface area contributed by atoms with Crippen molar-refractivity contribution in [1.82, 2.24) is 9.21 Å². The maximum Gasteiger partial charge on any atom is 0.345 e. The zero-order valence-corrected chi connectivity index (χ0v) is 15.9. The van der Waals surface area contributed by atoms with E-state index in [2.05, 4.69) is 4.40 Å². The molecule has 0 atom stereocenters. The van der Waals surface area contributed by atoms with E-state index in [4.69, 9.17) is 9.47 Å². The van der Waals surface area contributed by atoms with Gasteiger partial charge in [-0.15, -0.1) is 15.7 Å². The average molecular weight is 397 g/mol. The van der Waals surface area contributed by atoms with E-state index < -0.39 is 16.0 Å².